The molecular formula is C18H19Cl2NO3. The Morgan fingerprint density at radius 1 is 1.00 bits per heavy atom. The summed E-state index contributed by atoms with van der Waals surface area (Å²) in [5, 5.41) is 3.28. The lowest BCUT2D eigenvalue weighted by atomic mass is 9.62. The molecule has 0 heterocycles. The highest BCUT2D eigenvalue weighted by Gasteiger charge is 2.47. The molecule has 128 valence electrons. The summed E-state index contributed by atoms with van der Waals surface area (Å²) in [7, 11) is 0. The van der Waals surface area contributed by atoms with Crippen molar-refractivity contribution in [1.82, 2.24) is 0 Å². The standard InChI is InChI=1S/C18H19Cl2NO3/c19-12-5-4-11(8-13(12)20)21-17(24)16-14(22)9-18(10-15(16)23)6-2-1-3-7-18/h4-5,8,16H,1-3,6-7,9-10H2,(H,21,24). The number of amides is 1. The summed E-state index contributed by atoms with van der Waals surface area (Å²) in [4.78, 5) is 37.4. The van der Waals surface area contributed by atoms with Gasteiger partial charge in [-0.05, 0) is 36.5 Å². The molecule has 4 nitrogen and oxygen atoms in total. The Labute approximate surface area is 150 Å². The van der Waals surface area contributed by atoms with Gasteiger partial charge < -0.3 is 5.32 Å². The SMILES string of the molecule is O=C1CC2(CCCCC2)CC(=O)C1C(=O)Nc1ccc(Cl)c(Cl)c1. The van der Waals surface area contributed by atoms with Crippen molar-refractivity contribution in [3.05, 3.63) is 28.2 Å². The van der Waals surface area contributed by atoms with Gasteiger partial charge in [0.25, 0.3) is 0 Å². The van der Waals surface area contributed by atoms with Gasteiger partial charge in [0.15, 0.2) is 17.5 Å². The monoisotopic (exact) mass is 367 g/mol. The fourth-order valence-corrected chi connectivity index (χ4v) is 4.22. The van der Waals surface area contributed by atoms with E-state index in [2.05, 4.69) is 5.32 Å². The molecule has 2 aliphatic carbocycles. The summed E-state index contributed by atoms with van der Waals surface area (Å²) in [5.74, 6) is -2.29. The molecule has 1 N–H and O–H groups in total. The Morgan fingerprint density at radius 3 is 2.21 bits per heavy atom. The minimum absolute atomic E-state index is 0.202. The van der Waals surface area contributed by atoms with E-state index in [-0.39, 0.29) is 17.0 Å². The van der Waals surface area contributed by atoms with Crippen LogP contribution in [0.1, 0.15) is 44.9 Å². The lowest BCUT2D eigenvalue weighted by Gasteiger charge is -2.40. The number of anilines is 1. The summed E-state index contributed by atoms with van der Waals surface area (Å²) >= 11 is 11.8. The van der Waals surface area contributed by atoms with Gasteiger partial charge in [-0.2, -0.15) is 0 Å². The second-order valence-corrected chi connectivity index (χ2v) is 7.71. The first-order valence-corrected chi connectivity index (χ1v) is 8.97. The van der Waals surface area contributed by atoms with Crippen LogP contribution in [0, 0.1) is 11.3 Å². The minimum atomic E-state index is -1.20. The largest absolute Gasteiger partial charge is 0.325 e. The number of hydrogen-bond acceptors (Lipinski definition) is 3. The maximum Gasteiger partial charge on any atom is 0.242 e. The number of benzene rings is 1. The molecule has 1 spiro atoms. The molecule has 3 rings (SSSR count). The van der Waals surface area contributed by atoms with Crippen LogP contribution in [-0.4, -0.2) is 17.5 Å². The summed E-state index contributed by atoms with van der Waals surface area (Å²) in [5.41, 5.74) is 0.222. The first-order valence-electron chi connectivity index (χ1n) is 8.22. The van der Waals surface area contributed by atoms with Gasteiger partial charge in [-0.25, -0.2) is 0 Å². The lowest BCUT2D eigenvalue weighted by Crippen LogP contribution is -2.46. The van der Waals surface area contributed by atoms with E-state index in [1.165, 1.54) is 6.07 Å². The van der Waals surface area contributed by atoms with Crippen LogP contribution < -0.4 is 5.32 Å². The van der Waals surface area contributed by atoms with E-state index in [4.69, 9.17) is 23.2 Å². The quantitative estimate of drug-likeness (QED) is 0.786. The van der Waals surface area contributed by atoms with Crippen LogP contribution in [0.25, 0.3) is 0 Å². The molecule has 0 bridgehead atoms. The van der Waals surface area contributed by atoms with E-state index < -0.39 is 11.8 Å². The van der Waals surface area contributed by atoms with Gasteiger partial charge in [0.2, 0.25) is 5.91 Å². The predicted molar refractivity (Wildman–Crippen MR) is 93.3 cm³/mol. The third kappa shape index (κ3) is 3.50. The third-order valence-corrected chi connectivity index (χ3v) is 5.84. The van der Waals surface area contributed by atoms with Gasteiger partial charge in [0.1, 0.15) is 0 Å². The fourth-order valence-electron chi connectivity index (χ4n) is 3.92. The van der Waals surface area contributed by atoms with E-state index >= 15 is 0 Å². The number of halogens is 2. The Kier molecular flexibility index (Phi) is 4.97. The average Bonchev–Trinajstić information content (AvgIpc) is 2.51. The molecule has 0 radical (unpaired) electrons. The second-order valence-electron chi connectivity index (χ2n) is 6.90. The zero-order valence-electron chi connectivity index (χ0n) is 13.2. The lowest BCUT2D eigenvalue weighted by molar-refractivity contribution is -0.145. The van der Waals surface area contributed by atoms with Gasteiger partial charge in [-0.1, -0.05) is 42.5 Å². The van der Waals surface area contributed by atoms with Crippen LogP contribution in [0.3, 0.4) is 0 Å². The topological polar surface area (TPSA) is 63.2 Å². The summed E-state index contributed by atoms with van der Waals surface area (Å²) in [6.45, 7) is 0. The molecule has 1 aromatic carbocycles. The number of nitrogens with one attached hydrogen (secondary N) is 1. The second kappa shape index (κ2) is 6.85. The molecule has 2 aliphatic rings. The Bertz CT molecular complexity index is 676. The molecule has 24 heavy (non-hydrogen) atoms. The number of hydrogen-bond donors (Lipinski definition) is 1. The summed E-state index contributed by atoms with van der Waals surface area (Å²) in [6, 6.07) is 4.65. The number of rotatable bonds is 2. The summed E-state index contributed by atoms with van der Waals surface area (Å²) in [6.07, 6.45) is 5.75. The van der Waals surface area contributed by atoms with Crippen molar-refractivity contribution in [2.45, 2.75) is 44.9 Å². The Balaban J connectivity index is 1.72. The van der Waals surface area contributed by atoms with Gasteiger partial charge in [-0.15, -0.1) is 0 Å². The number of Topliss-reactive ketones (excluding diaryl/α,β-unsaturated/α-hetero) is 2. The van der Waals surface area contributed by atoms with E-state index in [1.54, 1.807) is 12.1 Å². The van der Waals surface area contributed by atoms with Gasteiger partial charge in [-0.3, -0.25) is 14.4 Å². The minimum Gasteiger partial charge on any atom is -0.325 e. The molecule has 1 aromatic rings. The van der Waals surface area contributed by atoms with E-state index in [0.717, 1.165) is 32.1 Å². The van der Waals surface area contributed by atoms with Crippen molar-refractivity contribution in [3.8, 4) is 0 Å². The molecule has 6 heteroatoms. The zero-order valence-corrected chi connectivity index (χ0v) is 14.8. The van der Waals surface area contributed by atoms with Crippen LogP contribution in [0.15, 0.2) is 18.2 Å². The van der Waals surface area contributed by atoms with Crippen LogP contribution in [0.5, 0.6) is 0 Å². The number of ketones is 2. The highest BCUT2D eigenvalue weighted by Crippen LogP contribution is 2.46. The highest BCUT2D eigenvalue weighted by molar-refractivity contribution is 6.42. The Morgan fingerprint density at radius 2 is 1.62 bits per heavy atom. The van der Waals surface area contributed by atoms with Crippen molar-refractivity contribution in [2.24, 2.45) is 11.3 Å². The van der Waals surface area contributed by atoms with Crippen molar-refractivity contribution in [2.75, 3.05) is 5.32 Å². The van der Waals surface area contributed by atoms with Crippen LogP contribution in [0.4, 0.5) is 5.69 Å². The van der Waals surface area contributed by atoms with E-state index in [1.807, 2.05) is 0 Å². The van der Waals surface area contributed by atoms with Crippen molar-refractivity contribution in [1.29, 1.82) is 0 Å². The first kappa shape index (κ1) is 17.4. The molecule has 0 aromatic heterocycles. The van der Waals surface area contributed by atoms with Crippen LogP contribution >= 0.6 is 23.2 Å². The van der Waals surface area contributed by atoms with E-state index in [9.17, 15) is 14.4 Å². The average molecular weight is 368 g/mol. The number of carbonyl (C=O) groups excluding carboxylic acids is 3. The Hall–Kier alpha value is -1.39. The molecular weight excluding hydrogens is 349 g/mol. The zero-order chi connectivity index (χ0) is 17.3. The molecule has 0 unspecified atom stereocenters. The smallest absolute Gasteiger partial charge is 0.242 e. The van der Waals surface area contributed by atoms with Gasteiger partial charge in [0, 0.05) is 18.5 Å². The maximum atomic E-state index is 12.5. The molecule has 0 aliphatic heterocycles. The van der Waals surface area contributed by atoms with Gasteiger partial charge in [0.05, 0.1) is 10.0 Å². The van der Waals surface area contributed by atoms with Crippen LogP contribution in [-0.2, 0) is 14.4 Å². The molecule has 2 fully saturated rings. The third-order valence-electron chi connectivity index (χ3n) is 5.11. The van der Waals surface area contributed by atoms with Crippen molar-refractivity contribution < 1.29 is 14.4 Å². The molecule has 1 amide bonds. The highest BCUT2D eigenvalue weighted by atomic mass is 35.5. The first-order chi connectivity index (χ1) is 11.4. The predicted octanol–water partition coefficient (Wildman–Crippen LogP) is 4.43. The fraction of sp³-hybridized carbons (Fsp3) is 0.500. The molecule has 2 saturated carbocycles. The normalized spacial score (nSPS) is 21.1. The van der Waals surface area contributed by atoms with Crippen LogP contribution in [0.2, 0.25) is 10.0 Å². The molecule has 0 atom stereocenters. The maximum absolute atomic E-state index is 12.5. The van der Waals surface area contributed by atoms with Crippen molar-refractivity contribution >= 4 is 46.4 Å². The summed E-state index contributed by atoms with van der Waals surface area (Å²) < 4.78 is 0. The van der Waals surface area contributed by atoms with Crippen molar-refractivity contribution in [3.63, 3.8) is 0 Å². The van der Waals surface area contributed by atoms with Gasteiger partial charge >= 0.3 is 0 Å². The number of carbonyl (C=O) groups is 3. The molecule has 0 saturated heterocycles. The van der Waals surface area contributed by atoms with E-state index in [0.29, 0.717) is 28.6 Å².